The van der Waals surface area contributed by atoms with E-state index in [0.717, 1.165) is 4.90 Å². The number of hydrogen-bond donors (Lipinski definition) is 1. The van der Waals surface area contributed by atoms with Crippen molar-refractivity contribution in [2.45, 2.75) is 19.4 Å². The Morgan fingerprint density at radius 3 is 2.43 bits per heavy atom. The van der Waals surface area contributed by atoms with Gasteiger partial charge in [0.1, 0.15) is 0 Å². The van der Waals surface area contributed by atoms with Crippen molar-refractivity contribution >= 4 is 29.4 Å². The van der Waals surface area contributed by atoms with Crippen LogP contribution in [0.1, 0.15) is 44.4 Å². The third kappa shape index (κ3) is 4.55. The van der Waals surface area contributed by atoms with Crippen molar-refractivity contribution in [1.82, 2.24) is 4.90 Å². The maximum atomic E-state index is 12.6. The number of rotatable bonds is 8. The zero-order valence-electron chi connectivity index (χ0n) is 16.7. The largest absolute Gasteiger partial charge is 0.449 e. The summed E-state index contributed by atoms with van der Waals surface area (Å²) in [6.45, 7) is 2.11. The summed E-state index contributed by atoms with van der Waals surface area (Å²) in [6, 6.07) is 13.0. The van der Waals surface area contributed by atoms with Gasteiger partial charge >= 0.3 is 5.97 Å². The third-order valence-electron chi connectivity index (χ3n) is 4.63. The van der Waals surface area contributed by atoms with Gasteiger partial charge in [0, 0.05) is 25.9 Å². The second-order valence-corrected chi connectivity index (χ2v) is 6.77. The number of nitrogens with zero attached hydrogens (tertiary/aromatic N) is 1. The van der Waals surface area contributed by atoms with Crippen molar-refractivity contribution in [2.24, 2.45) is 0 Å². The predicted molar refractivity (Wildman–Crippen MR) is 108 cm³/mol. The highest BCUT2D eigenvalue weighted by Gasteiger charge is 2.35. The van der Waals surface area contributed by atoms with Crippen LogP contribution in [0.5, 0.6) is 0 Å². The molecule has 0 bridgehead atoms. The van der Waals surface area contributed by atoms with Gasteiger partial charge in [0.05, 0.1) is 16.7 Å². The number of imide groups is 1. The van der Waals surface area contributed by atoms with Gasteiger partial charge in [0.15, 0.2) is 6.10 Å². The zero-order valence-corrected chi connectivity index (χ0v) is 16.7. The smallest absolute Gasteiger partial charge is 0.338 e. The topological polar surface area (TPSA) is 102 Å². The lowest BCUT2D eigenvalue weighted by Gasteiger charge is -2.14. The molecule has 1 aliphatic rings. The van der Waals surface area contributed by atoms with Crippen LogP contribution in [0.3, 0.4) is 0 Å². The van der Waals surface area contributed by atoms with Gasteiger partial charge in [0.2, 0.25) is 0 Å². The number of anilines is 1. The number of hydrogen-bond acceptors (Lipinski definition) is 6. The predicted octanol–water partition coefficient (Wildman–Crippen LogP) is 2.50. The number of esters is 1. The molecule has 2 aromatic carbocycles. The van der Waals surface area contributed by atoms with E-state index in [0.29, 0.717) is 18.7 Å². The van der Waals surface area contributed by atoms with E-state index in [1.807, 2.05) is 6.07 Å². The normalized spacial score (nSPS) is 13.7. The summed E-state index contributed by atoms with van der Waals surface area (Å²) in [5, 5.41) is 2.65. The molecule has 0 radical (unpaired) electrons. The maximum Gasteiger partial charge on any atom is 0.338 e. The van der Waals surface area contributed by atoms with Crippen molar-refractivity contribution < 1.29 is 28.7 Å². The molecule has 8 nitrogen and oxygen atoms in total. The number of carbonyl (C=O) groups excluding carboxylic acids is 4. The number of nitrogens with one attached hydrogen (secondary N) is 1. The first-order valence-corrected chi connectivity index (χ1v) is 9.48. The number of amides is 3. The van der Waals surface area contributed by atoms with E-state index in [-0.39, 0.29) is 23.2 Å². The number of para-hydroxylation sites is 1. The van der Waals surface area contributed by atoms with Crippen LogP contribution in [0.15, 0.2) is 48.5 Å². The number of ether oxygens (including phenoxy) is 2. The van der Waals surface area contributed by atoms with E-state index in [4.69, 9.17) is 9.47 Å². The minimum absolute atomic E-state index is 0.0907. The number of methoxy groups -OCH3 is 1. The summed E-state index contributed by atoms with van der Waals surface area (Å²) < 4.78 is 10.2. The summed E-state index contributed by atoms with van der Waals surface area (Å²) in [5.74, 6) is -2.10. The lowest BCUT2D eigenvalue weighted by atomic mass is 10.1. The Balaban J connectivity index is 1.66. The van der Waals surface area contributed by atoms with Gasteiger partial charge in [-0.15, -0.1) is 0 Å². The minimum atomic E-state index is -1.05. The van der Waals surface area contributed by atoms with E-state index < -0.39 is 29.8 Å². The third-order valence-corrected chi connectivity index (χ3v) is 4.63. The van der Waals surface area contributed by atoms with Gasteiger partial charge < -0.3 is 14.8 Å². The molecule has 3 amide bonds. The first-order chi connectivity index (χ1) is 14.4. The minimum Gasteiger partial charge on any atom is -0.449 e. The molecule has 8 heteroatoms. The first-order valence-electron chi connectivity index (χ1n) is 9.48. The monoisotopic (exact) mass is 410 g/mol. The SMILES string of the molecule is COCCCN1C(=O)c2ccc(C(=O)OC(C)C(=O)Nc3ccccc3)cc2C1=O. The quantitative estimate of drug-likeness (QED) is 0.408. The Labute approximate surface area is 173 Å². The summed E-state index contributed by atoms with van der Waals surface area (Å²) in [5.41, 5.74) is 1.06. The molecule has 30 heavy (non-hydrogen) atoms. The molecule has 0 aromatic heterocycles. The van der Waals surface area contributed by atoms with Crippen LogP contribution in [0.25, 0.3) is 0 Å². The molecule has 3 rings (SSSR count). The molecular formula is C22H22N2O6. The van der Waals surface area contributed by atoms with Gasteiger partial charge in [-0.05, 0) is 43.7 Å². The number of benzene rings is 2. The van der Waals surface area contributed by atoms with Crippen LogP contribution in [0.2, 0.25) is 0 Å². The summed E-state index contributed by atoms with van der Waals surface area (Å²) in [7, 11) is 1.54. The Bertz CT molecular complexity index is 973. The maximum absolute atomic E-state index is 12.6. The van der Waals surface area contributed by atoms with Gasteiger partial charge in [-0.2, -0.15) is 0 Å². The Morgan fingerprint density at radius 2 is 1.73 bits per heavy atom. The molecule has 0 spiro atoms. The standard InChI is InChI=1S/C22H22N2O6/c1-14(19(25)23-16-7-4-3-5-8-16)30-22(28)15-9-10-17-18(13-15)21(27)24(20(17)26)11-6-12-29-2/h3-5,7-10,13-14H,6,11-12H2,1-2H3,(H,23,25). The van der Waals surface area contributed by atoms with Gasteiger partial charge in [-0.25, -0.2) is 4.79 Å². The van der Waals surface area contributed by atoms with Crippen LogP contribution in [0, 0.1) is 0 Å². The molecule has 0 saturated carbocycles. The molecular weight excluding hydrogens is 388 g/mol. The lowest BCUT2D eigenvalue weighted by Crippen LogP contribution is -2.31. The molecule has 1 heterocycles. The van der Waals surface area contributed by atoms with E-state index in [2.05, 4.69) is 5.32 Å². The fraction of sp³-hybridized carbons (Fsp3) is 0.273. The average molecular weight is 410 g/mol. The van der Waals surface area contributed by atoms with Crippen LogP contribution >= 0.6 is 0 Å². The van der Waals surface area contributed by atoms with Crippen LogP contribution in [0.4, 0.5) is 5.69 Å². The number of carbonyl (C=O) groups is 4. The van der Waals surface area contributed by atoms with Gasteiger partial charge in [0.25, 0.3) is 17.7 Å². The summed E-state index contributed by atoms with van der Waals surface area (Å²) in [4.78, 5) is 50.8. The van der Waals surface area contributed by atoms with Crippen molar-refractivity contribution in [1.29, 1.82) is 0 Å². The van der Waals surface area contributed by atoms with E-state index in [9.17, 15) is 19.2 Å². The average Bonchev–Trinajstić information content (AvgIpc) is 2.98. The fourth-order valence-electron chi connectivity index (χ4n) is 3.04. The first kappa shape index (κ1) is 21.2. The highest BCUT2D eigenvalue weighted by Crippen LogP contribution is 2.24. The van der Waals surface area contributed by atoms with Crippen LogP contribution in [-0.2, 0) is 14.3 Å². The van der Waals surface area contributed by atoms with E-state index in [1.54, 1.807) is 31.4 Å². The van der Waals surface area contributed by atoms with Crippen molar-refractivity contribution in [2.75, 3.05) is 25.6 Å². The summed E-state index contributed by atoms with van der Waals surface area (Å²) >= 11 is 0. The zero-order chi connectivity index (χ0) is 21.7. The molecule has 1 atom stereocenters. The second-order valence-electron chi connectivity index (χ2n) is 6.77. The molecule has 1 aliphatic heterocycles. The van der Waals surface area contributed by atoms with E-state index >= 15 is 0 Å². The van der Waals surface area contributed by atoms with Crippen molar-refractivity contribution in [3.8, 4) is 0 Å². The molecule has 1 N–H and O–H groups in total. The van der Waals surface area contributed by atoms with E-state index in [1.165, 1.54) is 25.1 Å². The lowest BCUT2D eigenvalue weighted by molar-refractivity contribution is -0.123. The molecule has 0 saturated heterocycles. The Morgan fingerprint density at radius 1 is 1.03 bits per heavy atom. The molecule has 156 valence electrons. The van der Waals surface area contributed by atoms with Crippen LogP contribution < -0.4 is 5.32 Å². The molecule has 2 aromatic rings. The highest BCUT2D eigenvalue weighted by atomic mass is 16.5. The Hall–Kier alpha value is -3.52. The Kier molecular flexibility index (Phi) is 6.58. The van der Waals surface area contributed by atoms with Crippen molar-refractivity contribution in [3.63, 3.8) is 0 Å². The number of fused-ring (bicyclic) bond motifs is 1. The highest BCUT2D eigenvalue weighted by molar-refractivity contribution is 6.22. The molecule has 0 fully saturated rings. The van der Waals surface area contributed by atoms with Crippen LogP contribution in [-0.4, -0.2) is 55.0 Å². The second kappa shape index (κ2) is 9.32. The fourth-order valence-corrected chi connectivity index (χ4v) is 3.04. The molecule has 0 aliphatic carbocycles. The van der Waals surface area contributed by atoms with Crippen molar-refractivity contribution in [3.05, 3.63) is 65.2 Å². The summed E-state index contributed by atoms with van der Waals surface area (Å²) in [6.07, 6.45) is -0.529. The van der Waals surface area contributed by atoms with Gasteiger partial charge in [-0.1, -0.05) is 18.2 Å². The van der Waals surface area contributed by atoms with Gasteiger partial charge in [-0.3, -0.25) is 19.3 Å². The molecule has 1 unspecified atom stereocenters.